The van der Waals surface area contributed by atoms with Crippen LogP contribution in [0.15, 0.2) is 57.8 Å². The molecule has 1 N–H and O–H groups in total. The number of hydrogen-bond acceptors (Lipinski definition) is 6. The number of hydrogen-bond donors (Lipinski definition) is 1. The van der Waals surface area contributed by atoms with Crippen molar-refractivity contribution in [2.24, 2.45) is 0 Å². The van der Waals surface area contributed by atoms with E-state index in [0.717, 1.165) is 0 Å². The third-order valence-corrected chi connectivity index (χ3v) is 4.10. The fourth-order valence-electron chi connectivity index (χ4n) is 2.71. The standard InChI is InChI=1S/C21H16O6/c1-12-11-18(24)27-20-15(12)8-10-17(23)19(20)16(22)9-5-13-3-6-14(7-4-13)21(25)26-2/h3-11,23H,1-2H3. The predicted molar refractivity (Wildman–Crippen MR) is 100 cm³/mol. The first-order valence-corrected chi connectivity index (χ1v) is 8.08. The summed E-state index contributed by atoms with van der Waals surface area (Å²) in [5, 5.41) is 10.7. The van der Waals surface area contributed by atoms with Gasteiger partial charge in [-0.1, -0.05) is 18.2 Å². The summed E-state index contributed by atoms with van der Waals surface area (Å²) in [5.74, 6) is -1.23. The van der Waals surface area contributed by atoms with Crippen LogP contribution in [-0.4, -0.2) is 24.0 Å². The topological polar surface area (TPSA) is 93.8 Å². The molecule has 0 unspecified atom stereocenters. The molecule has 0 saturated heterocycles. The van der Waals surface area contributed by atoms with Crippen molar-refractivity contribution in [1.29, 1.82) is 0 Å². The van der Waals surface area contributed by atoms with Gasteiger partial charge in [-0.15, -0.1) is 0 Å². The minimum absolute atomic E-state index is 0.0516. The third kappa shape index (κ3) is 3.64. The average molecular weight is 364 g/mol. The lowest BCUT2D eigenvalue weighted by Crippen LogP contribution is -2.03. The summed E-state index contributed by atoms with van der Waals surface area (Å²) >= 11 is 0. The number of rotatable bonds is 4. The van der Waals surface area contributed by atoms with Crippen LogP contribution in [0.4, 0.5) is 0 Å². The Morgan fingerprint density at radius 2 is 1.81 bits per heavy atom. The smallest absolute Gasteiger partial charge is 0.337 e. The Kier molecular flexibility index (Phi) is 4.90. The Balaban J connectivity index is 1.97. The summed E-state index contributed by atoms with van der Waals surface area (Å²) in [6.07, 6.45) is 2.81. The zero-order chi connectivity index (χ0) is 19.6. The van der Waals surface area contributed by atoms with Crippen molar-refractivity contribution in [3.8, 4) is 5.75 Å². The first kappa shape index (κ1) is 18.1. The van der Waals surface area contributed by atoms with Crippen molar-refractivity contribution in [3.63, 3.8) is 0 Å². The van der Waals surface area contributed by atoms with Crippen LogP contribution in [0.1, 0.15) is 31.8 Å². The van der Waals surface area contributed by atoms with Crippen LogP contribution in [0.3, 0.4) is 0 Å². The predicted octanol–water partition coefficient (Wildman–Crippen LogP) is 3.49. The number of fused-ring (bicyclic) bond motifs is 1. The van der Waals surface area contributed by atoms with E-state index < -0.39 is 17.4 Å². The Hall–Kier alpha value is -3.67. The molecule has 1 aromatic heterocycles. The zero-order valence-corrected chi connectivity index (χ0v) is 14.7. The largest absolute Gasteiger partial charge is 0.507 e. The average Bonchev–Trinajstić information content (AvgIpc) is 2.65. The van der Waals surface area contributed by atoms with Crippen molar-refractivity contribution in [2.75, 3.05) is 7.11 Å². The van der Waals surface area contributed by atoms with Crippen molar-refractivity contribution < 1.29 is 23.8 Å². The van der Waals surface area contributed by atoms with Crippen molar-refractivity contribution in [3.05, 3.63) is 81.2 Å². The summed E-state index contributed by atoms with van der Waals surface area (Å²) < 4.78 is 9.79. The fourth-order valence-corrected chi connectivity index (χ4v) is 2.71. The first-order valence-electron chi connectivity index (χ1n) is 8.08. The lowest BCUT2D eigenvalue weighted by Gasteiger charge is -2.06. The second kappa shape index (κ2) is 7.29. The third-order valence-electron chi connectivity index (χ3n) is 4.10. The van der Waals surface area contributed by atoms with E-state index in [1.807, 2.05) is 0 Å². The molecule has 0 bridgehead atoms. The van der Waals surface area contributed by atoms with Gasteiger partial charge in [-0.05, 0) is 48.4 Å². The number of ether oxygens (including phenoxy) is 1. The number of allylic oxidation sites excluding steroid dienone is 1. The zero-order valence-electron chi connectivity index (χ0n) is 14.7. The van der Waals surface area contributed by atoms with Gasteiger partial charge in [-0.2, -0.15) is 0 Å². The summed E-state index contributed by atoms with van der Waals surface area (Å²) in [6, 6.07) is 10.8. The van der Waals surface area contributed by atoms with E-state index in [9.17, 15) is 19.5 Å². The molecule has 0 atom stereocenters. The molecule has 0 aliphatic rings. The van der Waals surface area contributed by atoms with Crippen molar-refractivity contribution in [2.45, 2.75) is 6.92 Å². The van der Waals surface area contributed by atoms with Crippen LogP contribution < -0.4 is 5.63 Å². The molecule has 3 aromatic rings. The van der Waals surface area contributed by atoms with Gasteiger partial charge >= 0.3 is 11.6 Å². The molecule has 0 spiro atoms. The van der Waals surface area contributed by atoms with Gasteiger partial charge in [-0.3, -0.25) is 4.79 Å². The number of phenolic OH excluding ortho intramolecular Hbond substituents is 1. The number of ketones is 1. The number of aryl methyl sites for hydroxylation is 1. The number of benzene rings is 2. The lowest BCUT2D eigenvalue weighted by molar-refractivity contribution is 0.0600. The summed E-state index contributed by atoms with van der Waals surface area (Å²) in [6.45, 7) is 1.73. The van der Waals surface area contributed by atoms with Gasteiger partial charge in [0.1, 0.15) is 11.3 Å². The second-order valence-corrected chi connectivity index (χ2v) is 5.90. The molecule has 1 heterocycles. The number of carbonyl (C=O) groups is 2. The highest BCUT2D eigenvalue weighted by Gasteiger charge is 2.17. The molecule has 0 aliphatic carbocycles. The monoisotopic (exact) mass is 364 g/mol. The fraction of sp³-hybridized carbons (Fsp3) is 0.0952. The minimum Gasteiger partial charge on any atom is -0.507 e. The van der Waals surface area contributed by atoms with Gasteiger partial charge in [0.25, 0.3) is 0 Å². The van der Waals surface area contributed by atoms with E-state index in [-0.39, 0.29) is 16.9 Å². The van der Waals surface area contributed by atoms with Crippen LogP contribution in [0, 0.1) is 6.92 Å². The molecular weight excluding hydrogens is 348 g/mol. The number of methoxy groups -OCH3 is 1. The Morgan fingerprint density at radius 3 is 2.48 bits per heavy atom. The first-order chi connectivity index (χ1) is 12.9. The van der Waals surface area contributed by atoms with Crippen molar-refractivity contribution >= 4 is 28.8 Å². The summed E-state index contributed by atoms with van der Waals surface area (Å²) in [5.41, 5.74) is 1.10. The van der Waals surface area contributed by atoms with E-state index in [1.165, 1.54) is 31.4 Å². The maximum absolute atomic E-state index is 12.6. The highest BCUT2D eigenvalue weighted by atomic mass is 16.5. The molecule has 6 nitrogen and oxygen atoms in total. The van der Waals surface area contributed by atoms with E-state index in [1.54, 1.807) is 37.3 Å². The molecule has 27 heavy (non-hydrogen) atoms. The molecule has 0 saturated carbocycles. The number of aromatic hydroxyl groups is 1. The van der Waals surface area contributed by atoms with Gasteiger partial charge in [0.2, 0.25) is 0 Å². The van der Waals surface area contributed by atoms with Crippen LogP contribution in [0.25, 0.3) is 17.0 Å². The van der Waals surface area contributed by atoms with E-state index in [0.29, 0.717) is 22.1 Å². The molecule has 0 amide bonds. The molecular formula is C21H16O6. The molecule has 136 valence electrons. The normalized spacial score (nSPS) is 11.0. The van der Waals surface area contributed by atoms with Crippen LogP contribution in [-0.2, 0) is 4.74 Å². The summed E-state index contributed by atoms with van der Waals surface area (Å²) in [4.78, 5) is 35.7. The Labute approximate surface area is 154 Å². The quantitative estimate of drug-likeness (QED) is 0.330. The van der Waals surface area contributed by atoms with E-state index in [4.69, 9.17) is 4.42 Å². The Bertz CT molecular complexity index is 1120. The van der Waals surface area contributed by atoms with E-state index >= 15 is 0 Å². The molecule has 0 fully saturated rings. The number of esters is 1. The Morgan fingerprint density at radius 1 is 1.11 bits per heavy atom. The highest BCUT2D eigenvalue weighted by Crippen LogP contribution is 2.29. The molecule has 6 heteroatoms. The number of phenols is 1. The van der Waals surface area contributed by atoms with Gasteiger partial charge in [0.15, 0.2) is 11.4 Å². The maximum Gasteiger partial charge on any atom is 0.337 e. The minimum atomic E-state index is -0.595. The van der Waals surface area contributed by atoms with Gasteiger partial charge in [0, 0.05) is 11.5 Å². The highest BCUT2D eigenvalue weighted by molar-refractivity contribution is 6.15. The second-order valence-electron chi connectivity index (χ2n) is 5.90. The van der Waals surface area contributed by atoms with Crippen LogP contribution in [0.2, 0.25) is 0 Å². The van der Waals surface area contributed by atoms with Crippen molar-refractivity contribution in [1.82, 2.24) is 0 Å². The van der Waals surface area contributed by atoms with Gasteiger partial charge in [-0.25, -0.2) is 9.59 Å². The summed E-state index contributed by atoms with van der Waals surface area (Å²) in [7, 11) is 1.30. The molecule has 0 aliphatic heterocycles. The van der Waals surface area contributed by atoms with Crippen LogP contribution in [0.5, 0.6) is 5.75 Å². The SMILES string of the molecule is COC(=O)c1ccc(C=CC(=O)c2c(O)ccc3c(C)cc(=O)oc23)cc1. The number of carbonyl (C=O) groups excluding carboxylic acids is 2. The lowest BCUT2D eigenvalue weighted by atomic mass is 10.0. The molecule has 0 radical (unpaired) electrons. The van der Waals surface area contributed by atoms with Gasteiger partial charge < -0.3 is 14.3 Å². The van der Waals surface area contributed by atoms with Crippen LogP contribution >= 0.6 is 0 Å². The maximum atomic E-state index is 12.6. The van der Waals surface area contributed by atoms with E-state index in [2.05, 4.69) is 4.74 Å². The van der Waals surface area contributed by atoms with Gasteiger partial charge in [0.05, 0.1) is 12.7 Å². The molecule has 2 aromatic carbocycles. The molecule has 3 rings (SSSR count).